The average Bonchev–Trinajstić information content (AvgIpc) is 3.46. The SMILES string of the molecule is CC1(C)c2ccccc2-c2ccc(N(c3ccc(-c4ccccc4)cc3)c3ccc(-c4ccc5c6c(cccc46)C54c5cccc6cccc4c56)cc3)cc21. The van der Waals surface area contributed by atoms with E-state index >= 15 is 0 Å². The van der Waals surface area contributed by atoms with Crippen LogP contribution >= 0.6 is 0 Å². The molecule has 0 saturated carbocycles. The smallest absolute Gasteiger partial charge is 0.0725 e. The number of fused-ring (bicyclic) bond motifs is 7. The van der Waals surface area contributed by atoms with Crippen molar-refractivity contribution in [1.29, 1.82) is 0 Å². The third kappa shape index (κ3) is 3.97. The number of nitrogens with zero attached hydrogens (tertiary/aromatic N) is 1. The second-order valence-corrected chi connectivity index (χ2v) is 16.0. The van der Waals surface area contributed by atoms with Gasteiger partial charge >= 0.3 is 0 Å². The van der Waals surface area contributed by atoms with Gasteiger partial charge in [-0.05, 0) is 125 Å². The predicted molar refractivity (Wildman–Crippen MR) is 230 cm³/mol. The number of anilines is 3. The monoisotopic (exact) mass is 699 g/mol. The lowest BCUT2D eigenvalue weighted by atomic mass is 9.49. The van der Waals surface area contributed by atoms with E-state index in [0.29, 0.717) is 0 Å². The molecule has 3 aliphatic carbocycles. The lowest BCUT2D eigenvalue weighted by Gasteiger charge is -2.52. The van der Waals surface area contributed by atoms with Crippen LogP contribution in [-0.4, -0.2) is 0 Å². The molecule has 0 N–H and O–H groups in total. The molecule has 0 bridgehead atoms. The summed E-state index contributed by atoms with van der Waals surface area (Å²) in [6.07, 6.45) is 0. The van der Waals surface area contributed by atoms with Gasteiger partial charge in [-0.2, -0.15) is 0 Å². The summed E-state index contributed by atoms with van der Waals surface area (Å²) >= 11 is 0. The minimum absolute atomic E-state index is 0.0850. The van der Waals surface area contributed by atoms with Crippen LogP contribution in [0.5, 0.6) is 0 Å². The molecular weight excluding hydrogens is 663 g/mol. The molecule has 0 fully saturated rings. The van der Waals surface area contributed by atoms with Gasteiger partial charge in [0.05, 0.1) is 5.41 Å². The number of benzene rings is 9. The van der Waals surface area contributed by atoms with Crippen LogP contribution in [0.2, 0.25) is 0 Å². The first-order chi connectivity index (χ1) is 27.0. The van der Waals surface area contributed by atoms with Crippen molar-refractivity contribution in [2.24, 2.45) is 0 Å². The molecule has 9 aromatic rings. The van der Waals surface area contributed by atoms with Crippen molar-refractivity contribution in [3.63, 3.8) is 0 Å². The zero-order chi connectivity index (χ0) is 36.5. The maximum atomic E-state index is 2.42. The van der Waals surface area contributed by atoms with Crippen LogP contribution in [0.4, 0.5) is 17.1 Å². The molecule has 1 heteroatoms. The molecule has 3 aliphatic rings. The molecule has 9 aromatic carbocycles. The van der Waals surface area contributed by atoms with Crippen molar-refractivity contribution in [2.45, 2.75) is 24.7 Å². The van der Waals surface area contributed by atoms with Crippen molar-refractivity contribution in [3.05, 3.63) is 221 Å². The summed E-state index contributed by atoms with van der Waals surface area (Å²) in [6, 6.07) is 70.1. The van der Waals surface area contributed by atoms with Crippen molar-refractivity contribution < 1.29 is 0 Å². The summed E-state index contributed by atoms with van der Waals surface area (Å²) in [7, 11) is 0. The lowest BCUT2D eigenvalue weighted by Crippen LogP contribution is -2.43. The van der Waals surface area contributed by atoms with E-state index in [4.69, 9.17) is 0 Å². The largest absolute Gasteiger partial charge is 0.310 e. The summed E-state index contributed by atoms with van der Waals surface area (Å²) in [5.41, 5.74) is 19.4. The van der Waals surface area contributed by atoms with E-state index in [2.05, 4.69) is 207 Å². The first-order valence-corrected chi connectivity index (χ1v) is 19.4. The number of hydrogen-bond acceptors (Lipinski definition) is 1. The van der Waals surface area contributed by atoms with Crippen LogP contribution in [0.25, 0.3) is 54.9 Å². The second kappa shape index (κ2) is 10.9. The minimum Gasteiger partial charge on any atom is -0.310 e. The van der Waals surface area contributed by atoms with E-state index in [0.717, 1.165) is 17.1 Å². The van der Waals surface area contributed by atoms with Crippen molar-refractivity contribution in [2.75, 3.05) is 4.90 Å². The highest BCUT2D eigenvalue weighted by Gasteiger charge is 2.54. The van der Waals surface area contributed by atoms with Crippen LogP contribution < -0.4 is 4.90 Å². The maximum Gasteiger partial charge on any atom is 0.0725 e. The summed E-state index contributed by atoms with van der Waals surface area (Å²) in [5.74, 6) is 0. The first-order valence-electron chi connectivity index (χ1n) is 19.4. The Morgan fingerprint density at radius 2 is 0.873 bits per heavy atom. The predicted octanol–water partition coefficient (Wildman–Crippen LogP) is 14.1. The summed E-state index contributed by atoms with van der Waals surface area (Å²) in [6.45, 7) is 4.72. The van der Waals surface area contributed by atoms with Gasteiger partial charge in [0.25, 0.3) is 0 Å². The Kier molecular flexibility index (Phi) is 6.11. The highest BCUT2D eigenvalue weighted by Crippen LogP contribution is 2.65. The molecule has 55 heavy (non-hydrogen) atoms. The van der Waals surface area contributed by atoms with E-state index in [1.165, 1.54) is 88.3 Å². The zero-order valence-corrected chi connectivity index (χ0v) is 30.8. The summed E-state index contributed by atoms with van der Waals surface area (Å²) < 4.78 is 0. The molecule has 0 heterocycles. The molecule has 258 valence electrons. The fourth-order valence-electron chi connectivity index (χ4n) is 10.5. The van der Waals surface area contributed by atoms with Gasteiger partial charge in [-0.15, -0.1) is 0 Å². The third-order valence-corrected chi connectivity index (χ3v) is 13.1. The van der Waals surface area contributed by atoms with Gasteiger partial charge in [0.15, 0.2) is 0 Å². The first kappa shape index (κ1) is 30.7. The Morgan fingerprint density at radius 1 is 0.345 bits per heavy atom. The standard InChI is InChI=1S/C54H37N/c1-53(2)45-17-7-6-15-42(45)43-30-29-40(33-50(43)53)55(38-25-21-35(22-26-38)34-11-4-3-5-12-34)39-27-23-36(24-28-39)41-31-32-49-52-44(41)16-10-20-48(52)54(49)46-18-8-13-37-14-9-19-47(54)51(37)46/h3-33H,1-2H3. The van der Waals surface area contributed by atoms with E-state index in [9.17, 15) is 0 Å². The van der Waals surface area contributed by atoms with Crippen molar-refractivity contribution in [1.82, 2.24) is 0 Å². The van der Waals surface area contributed by atoms with Gasteiger partial charge in [0.1, 0.15) is 0 Å². The summed E-state index contributed by atoms with van der Waals surface area (Å²) in [4.78, 5) is 2.42. The molecule has 1 spiro atoms. The average molecular weight is 700 g/mol. The highest BCUT2D eigenvalue weighted by atomic mass is 15.1. The van der Waals surface area contributed by atoms with Crippen LogP contribution in [0.1, 0.15) is 47.2 Å². The van der Waals surface area contributed by atoms with E-state index in [-0.39, 0.29) is 10.8 Å². The van der Waals surface area contributed by atoms with Crippen LogP contribution in [-0.2, 0) is 10.8 Å². The maximum absolute atomic E-state index is 2.42. The van der Waals surface area contributed by atoms with Gasteiger partial charge in [-0.3, -0.25) is 0 Å². The second-order valence-electron chi connectivity index (χ2n) is 16.0. The molecular formula is C54H37N. The van der Waals surface area contributed by atoms with E-state index < -0.39 is 0 Å². The molecule has 1 nitrogen and oxygen atoms in total. The van der Waals surface area contributed by atoms with Crippen molar-refractivity contribution in [3.8, 4) is 33.4 Å². The Balaban J connectivity index is 0.956. The fraction of sp³-hybridized carbons (Fsp3) is 0.0741. The lowest BCUT2D eigenvalue weighted by molar-refractivity contribution is 0.660. The number of rotatable bonds is 5. The molecule has 0 saturated heterocycles. The summed E-state index contributed by atoms with van der Waals surface area (Å²) in [5, 5.41) is 5.52. The van der Waals surface area contributed by atoms with Crippen LogP contribution in [0.3, 0.4) is 0 Å². The van der Waals surface area contributed by atoms with Gasteiger partial charge in [-0.1, -0.05) is 166 Å². The van der Waals surface area contributed by atoms with Gasteiger partial charge in [0.2, 0.25) is 0 Å². The third-order valence-electron chi connectivity index (χ3n) is 13.1. The molecule has 0 unspecified atom stereocenters. The quantitative estimate of drug-likeness (QED) is 0.173. The van der Waals surface area contributed by atoms with Crippen LogP contribution in [0, 0.1) is 0 Å². The van der Waals surface area contributed by atoms with E-state index in [1.807, 2.05) is 0 Å². The Bertz CT molecular complexity index is 2990. The molecule has 0 atom stereocenters. The normalized spacial score (nSPS) is 14.7. The Hall–Kier alpha value is -6.70. The molecule has 0 aliphatic heterocycles. The molecule has 0 radical (unpaired) electrons. The minimum atomic E-state index is -0.101. The molecule has 0 aromatic heterocycles. The topological polar surface area (TPSA) is 3.24 Å². The van der Waals surface area contributed by atoms with Crippen LogP contribution in [0.15, 0.2) is 188 Å². The van der Waals surface area contributed by atoms with E-state index in [1.54, 1.807) is 0 Å². The van der Waals surface area contributed by atoms with Gasteiger partial charge in [-0.25, -0.2) is 0 Å². The number of hydrogen-bond donors (Lipinski definition) is 0. The van der Waals surface area contributed by atoms with Gasteiger partial charge in [0, 0.05) is 22.5 Å². The Labute approximate surface area is 321 Å². The highest BCUT2D eigenvalue weighted by molar-refractivity contribution is 6.13. The zero-order valence-electron chi connectivity index (χ0n) is 30.8. The molecule has 12 rings (SSSR count). The van der Waals surface area contributed by atoms with Crippen molar-refractivity contribution >= 4 is 38.6 Å². The van der Waals surface area contributed by atoms with Gasteiger partial charge < -0.3 is 4.90 Å². The molecule has 0 amide bonds. The fourth-order valence-corrected chi connectivity index (χ4v) is 10.5. The Morgan fingerprint density at radius 3 is 1.60 bits per heavy atom.